The number of nitrogens with one attached hydrogen (secondary N) is 2. The van der Waals surface area contributed by atoms with E-state index in [0.717, 1.165) is 16.8 Å². The van der Waals surface area contributed by atoms with Crippen LogP contribution in [0.25, 0.3) is 0 Å². The zero-order valence-corrected chi connectivity index (χ0v) is 15.7. The van der Waals surface area contributed by atoms with E-state index in [1.807, 2.05) is 31.2 Å². The van der Waals surface area contributed by atoms with E-state index in [-0.39, 0.29) is 17.0 Å². The van der Waals surface area contributed by atoms with E-state index in [0.29, 0.717) is 5.92 Å². The summed E-state index contributed by atoms with van der Waals surface area (Å²) < 4.78 is 23.0. The number of urea groups is 1. The Morgan fingerprint density at radius 1 is 0.960 bits per heavy atom. The normalized spacial score (nSPS) is 12.7. The molecule has 2 aromatic rings. The highest BCUT2D eigenvalue weighted by Gasteiger charge is 2.12. The summed E-state index contributed by atoms with van der Waals surface area (Å²) in [5.74, 6) is 0.386. The molecule has 2 N–H and O–H groups in total. The molecule has 134 valence electrons. The smallest absolute Gasteiger partial charge is 0.319 e. The van der Waals surface area contributed by atoms with Crippen LogP contribution in [0, 0.1) is 0 Å². The van der Waals surface area contributed by atoms with Crippen molar-refractivity contribution in [2.24, 2.45) is 0 Å². The van der Waals surface area contributed by atoms with Crippen molar-refractivity contribution in [1.82, 2.24) is 5.32 Å². The van der Waals surface area contributed by atoms with Crippen molar-refractivity contribution in [2.75, 3.05) is 11.6 Å². The number of hydrogen-bond donors (Lipinski definition) is 2. The third-order valence-electron chi connectivity index (χ3n) is 3.97. The monoisotopic (exact) mass is 360 g/mol. The fourth-order valence-corrected chi connectivity index (χ4v) is 3.06. The van der Waals surface area contributed by atoms with Crippen molar-refractivity contribution in [1.29, 1.82) is 0 Å². The van der Waals surface area contributed by atoms with E-state index in [1.54, 1.807) is 24.3 Å². The standard InChI is InChI=1S/C19H24N2O3S/c1-13(2)16-6-5-7-17(12-16)21-19(22)20-14(3)15-8-10-18(11-9-15)25(4,23)24/h5-14H,1-4H3,(H2,20,21,22). The molecule has 2 rings (SSSR count). The lowest BCUT2D eigenvalue weighted by molar-refractivity contribution is 0.249. The summed E-state index contributed by atoms with van der Waals surface area (Å²) in [7, 11) is -3.22. The van der Waals surface area contributed by atoms with Gasteiger partial charge in [0, 0.05) is 11.9 Å². The van der Waals surface area contributed by atoms with E-state index in [1.165, 1.54) is 6.26 Å². The maximum absolute atomic E-state index is 12.2. The summed E-state index contributed by atoms with van der Waals surface area (Å²) in [4.78, 5) is 12.4. The summed E-state index contributed by atoms with van der Waals surface area (Å²) in [5, 5.41) is 5.68. The molecule has 0 aromatic heterocycles. The van der Waals surface area contributed by atoms with Gasteiger partial charge in [-0.05, 0) is 48.2 Å². The Hall–Kier alpha value is -2.34. The Labute approximate surface area is 149 Å². The van der Waals surface area contributed by atoms with E-state index in [9.17, 15) is 13.2 Å². The van der Waals surface area contributed by atoms with E-state index < -0.39 is 9.84 Å². The predicted molar refractivity (Wildman–Crippen MR) is 101 cm³/mol. The first-order chi connectivity index (χ1) is 11.7. The summed E-state index contributed by atoms with van der Waals surface area (Å²) in [6, 6.07) is 13.7. The summed E-state index contributed by atoms with van der Waals surface area (Å²) in [5.41, 5.74) is 2.73. The topological polar surface area (TPSA) is 75.3 Å². The molecule has 0 spiro atoms. The Kier molecular flexibility index (Phi) is 5.85. The molecule has 0 saturated carbocycles. The minimum atomic E-state index is -3.22. The van der Waals surface area contributed by atoms with Crippen LogP contribution in [0.1, 0.15) is 43.9 Å². The minimum Gasteiger partial charge on any atom is -0.331 e. The molecule has 0 aliphatic carbocycles. The number of hydrogen-bond acceptors (Lipinski definition) is 3. The van der Waals surface area contributed by atoms with Crippen LogP contribution in [0.3, 0.4) is 0 Å². The quantitative estimate of drug-likeness (QED) is 0.843. The second kappa shape index (κ2) is 7.70. The van der Waals surface area contributed by atoms with E-state index >= 15 is 0 Å². The molecule has 0 radical (unpaired) electrons. The van der Waals surface area contributed by atoms with Gasteiger partial charge in [-0.3, -0.25) is 0 Å². The van der Waals surface area contributed by atoms with Crippen molar-refractivity contribution in [3.8, 4) is 0 Å². The van der Waals surface area contributed by atoms with Crippen LogP contribution in [-0.4, -0.2) is 20.7 Å². The summed E-state index contributed by atoms with van der Waals surface area (Å²) in [6.45, 7) is 6.04. The molecule has 0 saturated heterocycles. The third kappa shape index (κ3) is 5.32. The van der Waals surface area contributed by atoms with Gasteiger partial charge >= 0.3 is 6.03 Å². The fourth-order valence-electron chi connectivity index (χ4n) is 2.43. The maximum atomic E-state index is 12.2. The highest BCUT2D eigenvalue weighted by molar-refractivity contribution is 7.90. The van der Waals surface area contributed by atoms with Crippen molar-refractivity contribution in [3.63, 3.8) is 0 Å². The van der Waals surface area contributed by atoms with Crippen LogP contribution in [0.2, 0.25) is 0 Å². The SMILES string of the molecule is CC(C)c1cccc(NC(=O)NC(C)c2ccc(S(C)(=O)=O)cc2)c1. The number of rotatable bonds is 5. The average molecular weight is 360 g/mol. The number of sulfone groups is 1. The molecular weight excluding hydrogens is 336 g/mol. The molecule has 0 aliphatic heterocycles. The van der Waals surface area contributed by atoms with Crippen molar-refractivity contribution in [3.05, 3.63) is 59.7 Å². The van der Waals surface area contributed by atoms with Gasteiger partial charge in [-0.25, -0.2) is 13.2 Å². The van der Waals surface area contributed by atoms with Crippen LogP contribution in [0.5, 0.6) is 0 Å². The van der Waals surface area contributed by atoms with Gasteiger partial charge in [0.15, 0.2) is 9.84 Å². The first-order valence-electron chi connectivity index (χ1n) is 8.14. The third-order valence-corrected chi connectivity index (χ3v) is 5.10. The minimum absolute atomic E-state index is 0.248. The van der Waals surface area contributed by atoms with E-state index in [2.05, 4.69) is 24.5 Å². The maximum Gasteiger partial charge on any atom is 0.319 e. The molecule has 0 fully saturated rings. The molecule has 0 heterocycles. The molecule has 1 atom stereocenters. The predicted octanol–water partition coefficient (Wildman–Crippen LogP) is 4.10. The van der Waals surface area contributed by atoms with Crippen LogP contribution in [0.15, 0.2) is 53.4 Å². The number of benzene rings is 2. The highest BCUT2D eigenvalue weighted by Crippen LogP contribution is 2.19. The van der Waals surface area contributed by atoms with Gasteiger partial charge in [-0.2, -0.15) is 0 Å². The first kappa shape index (κ1) is 19.0. The van der Waals surface area contributed by atoms with E-state index in [4.69, 9.17) is 0 Å². The first-order valence-corrected chi connectivity index (χ1v) is 10.0. The molecule has 1 unspecified atom stereocenters. The van der Waals surface area contributed by atoms with Gasteiger partial charge in [0.05, 0.1) is 10.9 Å². The van der Waals surface area contributed by atoms with Crippen LogP contribution in [0.4, 0.5) is 10.5 Å². The van der Waals surface area contributed by atoms with Crippen LogP contribution in [-0.2, 0) is 9.84 Å². The molecule has 2 aromatic carbocycles. The lowest BCUT2D eigenvalue weighted by atomic mass is 10.0. The summed E-state index contributed by atoms with van der Waals surface area (Å²) in [6.07, 6.45) is 1.17. The van der Waals surface area contributed by atoms with Crippen molar-refractivity contribution in [2.45, 2.75) is 37.6 Å². The number of carbonyl (C=O) groups is 1. The number of amides is 2. The van der Waals surface area contributed by atoms with Gasteiger partial charge in [0.2, 0.25) is 0 Å². The summed E-state index contributed by atoms with van der Waals surface area (Å²) >= 11 is 0. The van der Waals surface area contributed by atoms with Gasteiger partial charge in [0.25, 0.3) is 0 Å². The molecule has 0 aliphatic rings. The molecular formula is C19H24N2O3S. The Balaban J connectivity index is 2.01. The molecule has 5 nitrogen and oxygen atoms in total. The molecule has 6 heteroatoms. The van der Waals surface area contributed by atoms with Gasteiger partial charge in [-0.1, -0.05) is 38.1 Å². The Bertz CT molecular complexity index is 843. The zero-order chi connectivity index (χ0) is 18.6. The van der Waals surface area contributed by atoms with Gasteiger partial charge in [0.1, 0.15) is 0 Å². The highest BCUT2D eigenvalue weighted by atomic mass is 32.2. The van der Waals surface area contributed by atoms with Gasteiger partial charge in [-0.15, -0.1) is 0 Å². The average Bonchev–Trinajstić information content (AvgIpc) is 2.54. The van der Waals surface area contributed by atoms with Crippen molar-refractivity contribution < 1.29 is 13.2 Å². The Morgan fingerprint density at radius 3 is 2.16 bits per heavy atom. The van der Waals surface area contributed by atoms with Gasteiger partial charge < -0.3 is 10.6 Å². The second-order valence-electron chi connectivity index (χ2n) is 6.44. The van der Waals surface area contributed by atoms with Crippen molar-refractivity contribution >= 4 is 21.6 Å². The largest absolute Gasteiger partial charge is 0.331 e. The molecule has 25 heavy (non-hydrogen) atoms. The number of anilines is 1. The second-order valence-corrected chi connectivity index (χ2v) is 8.46. The zero-order valence-electron chi connectivity index (χ0n) is 14.9. The molecule has 0 bridgehead atoms. The van der Waals surface area contributed by atoms with Crippen LogP contribution >= 0.6 is 0 Å². The lowest BCUT2D eigenvalue weighted by Crippen LogP contribution is -2.31. The lowest BCUT2D eigenvalue weighted by Gasteiger charge is -2.16. The van der Waals surface area contributed by atoms with Crippen LogP contribution < -0.4 is 10.6 Å². The fraction of sp³-hybridized carbons (Fsp3) is 0.316. The molecule has 2 amide bonds. The Morgan fingerprint density at radius 2 is 1.60 bits per heavy atom. The number of carbonyl (C=O) groups excluding carboxylic acids is 1.